The first kappa shape index (κ1) is 11.8. The Morgan fingerprint density at radius 2 is 2.00 bits per heavy atom. The van der Waals surface area contributed by atoms with Gasteiger partial charge in [-0.25, -0.2) is 0 Å². The van der Waals surface area contributed by atoms with E-state index in [4.69, 9.17) is 0 Å². The Morgan fingerprint density at radius 3 is 2.43 bits per heavy atom. The maximum Gasteiger partial charge on any atom is 0.401 e. The van der Waals surface area contributed by atoms with Crippen molar-refractivity contribution in [2.45, 2.75) is 39.3 Å². The lowest BCUT2D eigenvalue weighted by Crippen LogP contribution is -2.35. The van der Waals surface area contributed by atoms with Crippen LogP contribution in [0.3, 0.4) is 0 Å². The van der Waals surface area contributed by atoms with Crippen LogP contribution >= 0.6 is 0 Å². The molecule has 0 aliphatic heterocycles. The molecule has 14 heavy (non-hydrogen) atoms. The third kappa shape index (κ3) is 3.48. The van der Waals surface area contributed by atoms with Gasteiger partial charge in [0.25, 0.3) is 0 Å². The van der Waals surface area contributed by atoms with Gasteiger partial charge >= 0.3 is 6.18 Å². The van der Waals surface area contributed by atoms with Crippen molar-refractivity contribution < 1.29 is 13.2 Å². The lowest BCUT2D eigenvalue weighted by molar-refractivity contribution is -0.125. The van der Waals surface area contributed by atoms with E-state index < -0.39 is 12.7 Å². The molecule has 0 spiro atoms. The van der Waals surface area contributed by atoms with Crippen molar-refractivity contribution in [2.75, 3.05) is 13.1 Å². The third-order valence-electron chi connectivity index (χ3n) is 3.20. The van der Waals surface area contributed by atoms with E-state index in [0.29, 0.717) is 12.5 Å². The molecule has 0 radical (unpaired) electrons. The number of rotatable bonds is 3. The predicted octanol–water partition coefficient (Wildman–Crippen LogP) is 2.96. The molecule has 1 saturated carbocycles. The first-order valence-electron chi connectivity index (χ1n) is 5.09. The molecule has 1 atom stereocenters. The van der Waals surface area contributed by atoms with Crippen molar-refractivity contribution in [1.29, 1.82) is 0 Å². The van der Waals surface area contributed by atoms with E-state index in [2.05, 4.69) is 19.2 Å². The van der Waals surface area contributed by atoms with Crippen LogP contribution in [0, 0.1) is 11.3 Å². The minimum Gasteiger partial charge on any atom is -0.308 e. The van der Waals surface area contributed by atoms with Crippen LogP contribution < -0.4 is 5.32 Å². The number of hydrogen-bond donors (Lipinski definition) is 1. The van der Waals surface area contributed by atoms with Gasteiger partial charge in [-0.1, -0.05) is 20.3 Å². The van der Waals surface area contributed by atoms with Gasteiger partial charge in [0.1, 0.15) is 0 Å². The van der Waals surface area contributed by atoms with Crippen LogP contribution in [0.5, 0.6) is 0 Å². The summed E-state index contributed by atoms with van der Waals surface area (Å²) in [7, 11) is 0. The highest BCUT2D eigenvalue weighted by Crippen LogP contribution is 2.42. The molecule has 0 bridgehead atoms. The molecule has 1 unspecified atom stereocenters. The average Bonchev–Trinajstić information content (AvgIpc) is 2.28. The third-order valence-corrected chi connectivity index (χ3v) is 3.20. The van der Waals surface area contributed by atoms with Crippen molar-refractivity contribution in [2.24, 2.45) is 11.3 Å². The Kier molecular flexibility index (Phi) is 3.45. The summed E-state index contributed by atoms with van der Waals surface area (Å²) in [5.41, 5.74) is 0.207. The fourth-order valence-electron chi connectivity index (χ4n) is 2.17. The molecule has 1 aliphatic rings. The Labute approximate surface area is 83.1 Å². The predicted molar refractivity (Wildman–Crippen MR) is 50.0 cm³/mol. The summed E-state index contributed by atoms with van der Waals surface area (Å²) in [5, 5.41) is 2.50. The van der Waals surface area contributed by atoms with Gasteiger partial charge in [-0.15, -0.1) is 0 Å². The molecule has 1 nitrogen and oxygen atoms in total. The molecule has 1 N–H and O–H groups in total. The molecule has 1 rings (SSSR count). The summed E-state index contributed by atoms with van der Waals surface area (Å²) >= 11 is 0. The van der Waals surface area contributed by atoms with Crippen LogP contribution in [-0.2, 0) is 0 Å². The molecule has 0 aromatic carbocycles. The highest BCUT2D eigenvalue weighted by atomic mass is 19.4. The second kappa shape index (κ2) is 4.09. The fourth-order valence-corrected chi connectivity index (χ4v) is 2.17. The first-order chi connectivity index (χ1) is 6.31. The summed E-state index contributed by atoms with van der Waals surface area (Å²) in [5.74, 6) is 0.393. The molecule has 84 valence electrons. The summed E-state index contributed by atoms with van der Waals surface area (Å²) in [6.07, 6.45) is -0.753. The van der Waals surface area contributed by atoms with Crippen LogP contribution in [0.2, 0.25) is 0 Å². The maximum absolute atomic E-state index is 11.9. The Hall–Kier alpha value is -0.250. The Morgan fingerprint density at radius 1 is 1.36 bits per heavy atom. The Bertz CT molecular complexity index is 186. The van der Waals surface area contributed by atoms with E-state index in [0.717, 1.165) is 19.3 Å². The van der Waals surface area contributed by atoms with E-state index in [1.165, 1.54) is 0 Å². The van der Waals surface area contributed by atoms with E-state index >= 15 is 0 Å². The summed E-state index contributed by atoms with van der Waals surface area (Å²) in [6, 6.07) is 0. The molecule has 4 heteroatoms. The minimum atomic E-state index is -4.08. The van der Waals surface area contributed by atoms with E-state index in [1.807, 2.05) is 0 Å². The van der Waals surface area contributed by atoms with E-state index in [-0.39, 0.29) is 5.41 Å². The number of alkyl halides is 3. The largest absolute Gasteiger partial charge is 0.401 e. The number of nitrogens with one attached hydrogen (secondary N) is 1. The second-order valence-corrected chi connectivity index (χ2v) is 4.82. The molecule has 0 amide bonds. The van der Waals surface area contributed by atoms with Crippen molar-refractivity contribution in [3.63, 3.8) is 0 Å². The Balaban J connectivity index is 2.25. The monoisotopic (exact) mass is 209 g/mol. The maximum atomic E-state index is 11.9. The quantitative estimate of drug-likeness (QED) is 0.753. The van der Waals surface area contributed by atoms with Gasteiger partial charge in [-0.05, 0) is 30.7 Å². The first-order valence-corrected chi connectivity index (χ1v) is 5.09. The highest BCUT2D eigenvalue weighted by Gasteiger charge is 2.35. The van der Waals surface area contributed by atoms with Crippen LogP contribution in [0.1, 0.15) is 33.1 Å². The number of hydrogen-bond acceptors (Lipinski definition) is 1. The summed E-state index contributed by atoms with van der Waals surface area (Å²) < 4.78 is 35.6. The van der Waals surface area contributed by atoms with Gasteiger partial charge in [-0.2, -0.15) is 13.2 Å². The second-order valence-electron chi connectivity index (χ2n) is 4.82. The van der Waals surface area contributed by atoms with Gasteiger partial charge in [0.05, 0.1) is 6.54 Å². The zero-order valence-corrected chi connectivity index (χ0v) is 8.75. The van der Waals surface area contributed by atoms with Gasteiger partial charge < -0.3 is 5.32 Å². The standard InChI is InChI=1S/C10H18F3N/c1-9(2)5-3-4-8(9)6-14-7-10(11,12)13/h8,14H,3-7H2,1-2H3. The highest BCUT2D eigenvalue weighted by molar-refractivity contribution is 4.86. The molecule has 0 aromatic rings. The van der Waals surface area contributed by atoms with Crippen LogP contribution in [0.4, 0.5) is 13.2 Å². The van der Waals surface area contributed by atoms with Gasteiger partial charge in [0.15, 0.2) is 0 Å². The molecule has 0 saturated heterocycles. The molecule has 0 heterocycles. The molecule has 0 aromatic heterocycles. The van der Waals surface area contributed by atoms with Crippen LogP contribution in [0.25, 0.3) is 0 Å². The molecular weight excluding hydrogens is 191 g/mol. The number of halogens is 3. The fraction of sp³-hybridized carbons (Fsp3) is 1.00. The lowest BCUT2D eigenvalue weighted by Gasteiger charge is -2.27. The molecular formula is C10H18F3N. The topological polar surface area (TPSA) is 12.0 Å². The zero-order valence-electron chi connectivity index (χ0n) is 8.75. The van der Waals surface area contributed by atoms with Crippen LogP contribution in [-0.4, -0.2) is 19.3 Å². The lowest BCUT2D eigenvalue weighted by atomic mass is 9.82. The summed E-state index contributed by atoms with van der Waals surface area (Å²) in [6.45, 7) is 3.91. The van der Waals surface area contributed by atoms with Crippen molar-refractivity contribution in [3.05, 3.63) is 0 Å². The normalized spacial score (nSPS) is 26.8. The molecule has 1 aliphatic carbocycles. The van der Waals surface area contributed by atoms with E-state index in [1.54, 1.807) is 0 Å². The molecule has 1 fully saturated rings. The minimum absolute atomic E-state index is 0.207. The van der Waals surface area contributed by atoms with Gasteiger partial charge in [0, 0.05) is 0 Å². The van der Waals surface area contributed by atoms with Crippen molar-refractivity contribution >= 4 is 0 Å². The smallest absolute Gasteiger partial charge is 0.308 e. The summed E-state index contributed by atoms with van der Waals surface area (Å²) in [4.78, 5) is 0. The zero-order chi connectivity index (χ0) is 10.8. The van der Waals surface area contributed by atoms with Crippen molar-refractivity contribution in [1.82, 2.24) is 5.32 Å². The van der Waals surface area contributed by atoms with Gasteiger partial charge in [-0.3, -0.25) is 0 Å². The van der Waals surface area contributed by atoms with Crippen LogP contribution in [0.15, 0.2) is 0 Å². The SMILES string of the molecule is CC1(C)CCCC1CNCC(F)(F)F. The van der Waals surface area contributed by atoms with Gasteiger partial charge in [0.2, 0.25) is 0 Å². The van der Waals surface area contributed by atoms with Crippen molar-refractivity contribution in [3.8, 4) is 0 Å². The van der Waals surface area contributed by atoms with E-state index in [9.17, 15) is 13.2 Å². The average molecular weight is 209 g/mol.